The monoisotopic (exact) mass is 461 g/mol. The lowest BCUT2D eigenvalue weighted by molar-refractivity contribution is -0.159. The summed E-state index contributed by atoms with van der Waals surface area (Å²) in [5.74, 6) is -1.51. The number of aliphatic hydroxyl groups excluding tert-OH is 1. The molecule has 0 saturated heterocycles. The van der Waals surface area contributed by atoms with E-state index in [1.807, 2.05) is 61.5 Å². The Kier molecular flexibility index (Phi) is 12.7. The van der Waals surface area contributed by atoms with E-state index in [2.05, 4.69) is 5.32 Å². The summed E-state index contributed by atoms with van der Waals surface area (Å²) in [5, 5.41) is 28.2. The summed E-state index contributed by atoms with van der Waals surface area (Å²) in [6, 6.07) is 13.7. The first-order valence-electron chi connectivity index (χ1n) is 10.2. The maximum Gasteiger partial charge on any atom is 0.414 e. The SMILES string of the molecule is C/C=C/c1ccc(OCC(O)CNCCc2ccc(OC)cc2)c(OC)c1.O=C(O)C(=O)O. The van der Waals surface area contributed by atoms with Crippen LogP contribution in [-0.4, -0.2) is 67.3 Å². The summed E-state index contributed by atoms with van der Waals surface area (Å²) < 4.78 is 16.2. The fourth-order valence-corrected chi connectivity index (χ4v) is 2.64. The van der Waals surface area contributed by atoms with Gasteiger partial charge in [0.2, 0.25) is 0 Å². The average Bonchev–Trinajstić information content (AvgIpc) is 2.81. The molecule has 2 aromatic rings. The van der Waals surface area contributed by atoms with Gasteiger partial charge in [0.15, 0.2) is 11.5 Å². The minimum Gasteiger partial charge on any atom is -0.497 e. The zero-order chi connectivity index (χ0) is 24.6. The van der Waals surface area contributed by atoms with Gasteiger partial charge in [0.1, 0.15) is 18.5 Å². The smallest absolute Gasteiger partial charge is 0.414 e. The highest BCUT2D eigenvalue weighted by atomic mass is 16.5. The molecule has 0 heterocycles. The molecule has 0 amide bonds. The molecule has 0 aliphatic carbocycles. The molecule has 0 bridgehead atoms. The molecule has 1 atom stereocenters. The first-order chi connectivity index (χ1) is 15.8. The van der Waals surface area contributed by atoms with Gasteiger partial charge in [-0.15, -0.1) is 0 Å². The number of hydrogen-bond donors (Lipinski definition) is 4. The number of rotatable bonds is 11. The third-order valence-electron chi connectivity index (χ3n) is 4.29. The largest absolute Gasteiger partial charge is 0.497 e. The molecule has 0 aromatic heterocycles. The van der Waals surface area contributed by atoms with Crippen LogP contribution in [0.3, 0.4) is 0 Å². The lowest BCUT2D eigenvalue weighted by Crippen LogP contribution is -2.32. The van der Waals surface area contributed by atoms with Crippen LogP contribution >= 0.6 is 0 Å². The Morgan fingerprint density at radius 2 is 1.67 bits per heavy atom. The molecular weight excluding hydrogens is 430 g/mol. The number of nitrogens with one attached hydrogen (secondary N) is 1. The predicted octanol–water partition coefficient (Wildman–Crippen LogP) is 2.46. The second-order valence-electron chi connectivity index (χ2n) is 6.79. The Morgan fingerprint density at radius 3 is 2.21 bits per heavy atom. The van der Waals surface area contributed by atoms with Crippen molar-refractivity contribution in [1.82, 2.24) is 5.32 Å². The highest BCUT2D eigenvalue weighted by Crippen LogP contribution is 2.28. The number of ether oxygens (including phenoxy) is 3. The van der Waals surface area contributed by atoms with Crippen LogP contribution in [0.4, 0.5) is 0 Å². The standard InChI is InChI=1S/C22H29NO4.C2H2O4/c1-4-5-18-8-11-21(22(14-18)26-3)27-16-19(24)15-23-13-12-17-6-9-20(25-2)10-7-17;3-1(4)2(5)6/h4-11,14,19,23-24H,12-13,15-16H2,1-3H3;(H,3,4)(H,5,6)/b5-4+;. The molecule has 1 unspecified atom stereocenters. The van der Waals surface area contributed by atoms with Crippen molar-refractivity contribution >= 4 is 18.0 Å². The number of carboxylic acid groups (broad SMARTS) is 2. The Labute approximate surface area is 193 Å². The van der Waals surface area contributed by atoms with Crippen molar-refractivity contribution in [3.8, 4) is 17.2 Å². The van der Waals surface area contributed by atoms with Crippen LogP contribution in [0.25, 0.3) is 6.08 Å². The molecule has 0 saturated carbocycles. The Hall–Kier alpha value is -3.56. The first-order valence-corrected chi connectivity index (χ1v) is 10.2. The molecule has 9 heteroatoms. The fourth-order valence-electron chi connectivity index (χ4n) is 2.64. The van der Waals surface area contributed by atoms with E-state index in [1.165, 1.54) is 5.56 Å². The summed E-state index contributed by atoms with van der Waals surface area (Å²) in [7, 11) is 3.27. The van der Waals surface area contributed by atoms with E-state index in [-0.39, 0.29) is 6.61 Å². The summed E-state index contributed by atoms with van der Waals surface area (Å²) >= 11 is 0. The van der Waals surface area contributed by atoms with Crippen LogP contribution < -0.4 is 19.5 Å². The van der Waals surface area contributed by atoms with E-state index >= 15 is 0 Å². The summed E-state index contributed by atoms with van der Waals surface area (Å²) in [5.41, 5.74) is 2.27. The zero-order valence-corrected chi connectivity index (χ0v) is 19.0. The van der Waals surface area contributed by atoms with E-state index in [9.17, 15) is 5.11 Å². The van der Waals surface area contributed by atoms with E-state index < -0.39 is 18.0 Å². The van der Waals surface area contributed by atoms with Crippen molar-refractivity contribution in [1.29, 1.82) is 0 Å². The molecule has 9 nitrogen and oxygen atoms in total. The molecular formula is C24H31NO8. The third-order valence-corrected chi connectivity index (χ3v) is 4.29. The van der Waals surface area contributed by atoms with Gasteiger partial charge < -0.3 is 34.8 Å². The van der Waals surface area contributed by atoms with Crippen LogP contribution in [0, 0.1) is 0 Å². The number of aliphatic carboxylic acids is 2. The molecule has 0 radical (unpaired) electrons. The van der Waals surface area contributed by atoms with Gasteiger partial charge in [-0.05, 0) is 55.3 Å². The van der Waals surface area contributed by atoms with Crippen LogP contribution in [-0.2, 0) is 16.0 Å². The topological polar surface area (TPSA) is 135 Å². The Bertz CT molecular complexity index is 884. The van der Waals surface area contributed by atoms with Gasteiger partial charge in [-0.3, -0.25) is 0 Å². The highest BCUT2D eigenvalue weighted by Gasteiger charge is 2.09. The maximum atomic E-state index is 10.1. The minimum atomic E-state index is -1.82. The van der Waals surface area contributed by atoms with E-state index in [0.717, 1.165) is 24.3 Å². The number of methoxy groups -OCH3 is 2. The zero-order valence-electron chi connectivity index (χ0n) is 19.0. The van der Waals surface area contributed by atoms with Crippen LogP contribution in [0.5, 0.6) is 17.2 Å². The first kappa shape index (κ1) is 27.5. The normalized spacial score (nSPS) is 11.3. The molecule has 0 fully saturated rings. The van der Waals surface area contributed by atoms with E-state index in [0.29, 0.717) is 18.0 Å². The summed E-state index contributed by atoms with van der Waals surface area (Å²) in [6.45, 7) is 3.42. The van der Waals surface area contributed by atoms with Crippen LogP contribution in [0.1, 0.15) is 18.1 Å². The second-order valence-corrected chi connectivity index (χ2v) is 6.79. The molecule has 4 N–H and O–H groups in total. The lowest BCUT2D eigenvalue weighted by Gasteiger charge is -2.15. The number of carboxylic acids is 2. The van der Waals surface area contributed by atoms with E-state index in [4.69, 9.17) is 34.0 Å². The number of allylic oxidation sites excluding steroid dienone is 1. The summed E-state index contributed by atoms with van der Waals surface area (Å²) in [4.78, 5) is 18.2. The van der Waals surface area contributed by atoms with Crippen molar-refractivity contribution in [2.45, 2.75) is 19.4 Å². The van der Waals surface area contributed by atoms with Crippen molar-refractivity contribution < 1.29 is 39.1 Å². The van der Waals surface area contributed by atoms with Crippen LogP contribution in [0.15, 0.2) is 48.5 Å². The Balaban J connectivity index is 0.000000801. The van der Waals surface area contributed by atoms with E-state index in [1.54, 1.807) is 14.2 Å². The summed E-state index contributed by atoms with van der Waals surface area (Å²) in [6.07, 6.45) is 4.25. The Morgan fingerprint density at radius 1 is 1.00 bits per heavy atom. The van der Waals surface area contributed by atoms with Crippen molar-refractivity contribution in [3.63, 3.8) is 0 Å². The van der Waals surface area contributed by atoms with Gasteiger partial charge in [0, 0.05) is 6.54 Å². The van der Waals surface area contributed by atoms with Gasteiger partial charge in [-0.1, -0.05) is 30.4 Å². The van der Waals surface area contributed by atoms with Crippen LogP contribution in [0.2, 0.25) is 0 Å². The fraction of sp³-hybridized carbons (Fsp3) is 0.333. The van der Waals surface area contributed by atoms with Crippen molar-refractivity contribution in [2.75, 3.05) is 33.9 Å². The molecule has 33 heavy (non-hydrogen) atoms. The van der Waals surface area contributed by atoms with Gasteiger partial charge in [0.05, 0.1) is 14.2 Å². The van der Waals surface area contributed by atoms with Gasteiger partial charge in [-0.25, -0.2) is 9.59 Å². The van der Waals surface area contributed by atoms with Gasteiger partial charge in [0.25, 0.3) is 0 Å². The van der Waals surface area contributed by atoms with Crippen molar-refractivity contribution in [3.05, 3.63) is 59.7 Å². The molecule has 0 spiro atoms. The molecule has 0 aliphatic heterocycles. The van der Waals surface area contributed by atoms with Gasteiger partial charge >= 0.3 is 11.9 Å². The minimum absolute atomic E-state index is 0.203. The second kappa shape index (κ2) is 15.3. The third kappa shape index (κ3) is 11.0. The molecule has 2 rings (SSSR count). The quantitative estimate of drug-likeness (QED) is 0.294. The number of hydrogen-bond acceptors (Lipinski definition) is 7. The molecule has 2 aromatic carbocycles. The highest BCUT2D eigenvalue weighted by molar-refractivity contribution is 6.27. The number of carbonyl (C=O) groups is 2. The molecule has 180 valence electrons. The lowest BCUT2D eigenvalue weighted by atomic mass is 10.1. The maximum absolute atomic E-state index is 10.1. The molecule has 0 aliphatic rings. The predicted molar refractivity (Wildman–Crippen MR) is 124 cm³/mol. The number of benzene rings is 2. The van der Waals surface area contributed by atoms with Gasteiger partial charge in [-0.2, -0.15) is 0 Å². The van der Waals surface area contributed by atoms with Crippen molar-refractivity contribution in [2.24, 2.45) is 0 Å². The number of aliphatic hydroxyl groups is 1. The average molecular weight is 462 g/mol.